The fourth-order valence-electron chi connectivity index (χ4n) is 0.985. The molecule has 0 bridgehead atoms. The molecule has 84 valence electrons. The molecular formula is C10H21NO3. The Hall–Kier alpha value is -0.610. The van der Waals surface area contributed by atoms with Crippen LogP contribution in [0.15, 0.2) is 0 Å². The quantitative estimate of drug-likeness (QED) is 0.659. The number of hydrogen-bond donors (Lipinski definition) is 2. The summed E-state index contributed by atoms with van der Waals surface area (Å²) < 4.78 is 5.12. The SMILES string of the molecule is C[C@@H](CCO)[C@H](N)C(=O)OC(C)(C)C. The lowest BCUT2D eigenvalue weighted by Gasteiger charge is -2.24. The number of aliphatic hydroxyl groups excluding tert-OH is 1. The molecule has 0 aliphatic heterocycles. The first-order chi connectivity index (χ1) is 6.28. The molecule has 0 aromatic rings. The van der Waals surface area contributed by atoms with E-state index in [-0.39, 0.29) is 12.5 Å². The van der Waals surface area contributed by atoms with Crippen LogP contribution >= 0.6 is 0 Å². The molecule has 0 aromatic carbocycles. The third kappa shape index (κ3) is 5.19. The van der Waals surface area contributed by atoms with Crippen molar-refractivity contribution in [2.45, 2.75) is 45.8 Å². The summed E-state index contributed by atoms with van der Waals surface area (Å²) in [4.78, 5) is 11.4. The molecule has 0 heterocycles. The van der Waals surface area contributed by atoms with Crippen LogP contribution in [0.25, 0.3) is 0 Å². The van der Waals surface area contributed by atoms with Crippen molar-refractivity contribution in [1.82, 2.24) is 0 Å². The van der Waals surface area contributed by atoms with Gasteiger partial charge in [0.15, 0.2) is 0 Å². The van der Waals surface area contributed by atoms with Gasteiger partial charge in [-0.1, -0.05) is 6.92 Å². The van der Waals surface area contributed by atoms with E-state index in [0.717, 1.165) is 0 Å². The van der Waals surface area contributed by atoms with Gasteiger partial charge in [0.25, 0.3) is 0 Å². The van der Waals surface area contributed by atoms with Crippen LogP contribution in [0.2, 0.25) is 0 Å². The molecule has 0 rings (SSSR count). The number of hydrogen-bond acceptors (Lipinski definition) is 4. The van der Waals surface area contributed by atoms with Crippen molar-refractivity contribution >= 4 is 5.97 Å². The molecule has 0 saturated carbocycles. The molecule has 0 amide bonds. The lowest BCUT2D eigenvalue weighted by atomic mass is 9.99. The summed E-state index contributed by atoms with van der Waals surface area (Å²) in [6, 6.07) is -0.652. The van der Waals surface area contributed by atoms with Crippen LogP contribution in [0.3, 0.4) is 0 Å². The van der Waals surface area contributed by atoms with E-state index in [1.54, 1.807) is 20.8 Å². The number of aliphatic hydroxyl groups is 1. The summed E-state index contributed by atoms with van der Waals surface area (Å²) in [5.41, 5.74) is 5.16. The first-order valence-corrected chi connectivity index (χ1v) is 4.87. The van der Waals surface area contributed by atoms with E-state index in [9.17, 15) is 4.79 Å². The number of ether oxygens (including phenoxy) is 1. The predicted octanol–water partition coefficient (Wildman–Crippen LogP) is 0.674. The van der Waals surface area contributed by atoms with Crippen molar-refractivity contribution in [2.24, 2.45) is 11.7 Å². The van der Waals surface area contributed by atoms with Crippen LogP contribution in [0.5, 0.6) is 0 Å². The van der Waals surface area contributed by atoms with E-state index in [4.69, 9.17) is 15.6 Å². The number of nitrogens with two attached hydrogens (primary N) is 1. The van der Waals surface area contributed by atoms with Gasteiger partial charge in [0, 0.05) is 6.61 Å². The molecule has 14 heavy (non-hydrogen) atoms. The van der Waals surface area contributed by atoms with Gasteiger partial charge in [0.05, 0.1) is 0 Å². The molecule has 2 atom stereocenters. The maximum absolute atomic E-state index is 11.4. The smallest absolute Gasteiger partial charge is 0.323 e. The van der Waals surface area contributed by atoms with Gasteiger partial charge >= 0.3 is 5.97 Å². The molecule has 0 radical (unpaired) electrons. The third-order valence-electron chi connectivity index (χ3n) is 1.88. The molecule has 0 spiro atoms. The highest BCUT2D eigenvalue weighted by atomic mass is 16.6. The van der Waals surface area contributed by atoms with Crippen LogP contribution in [-0.2, 0) is 9.53 Å². The van der Waals surface area contributed by atoms with Crippen molar-refractivity contribution in [2.75, 3.05) is 6.61 Å². The van der Waals surface area contributed by atoms with Crippen LogP contribution in [0.1, 0.15) is 34.1 Å². The van der Waals surface area contributed by atoms with E-state index in [2.05, 4.69) is 0 Å². The Labute approximate surface area is 85.4 Å². The second-order valence-corrected chi connectivity index (χ2v) is 4.55. The third-order valence-corrected chi connectivity index (χ3v) is 1.88. The standard InChI is InChI=1S/C10H21NO3/c1-7(5-6-12)8(11)9(13)14-10(2,3)4/h7-8,12H,5-6,11H2,1-4H3/t7-,8-/m0/s1. The Bertz CT molecular complexity index is 186. The average Bonchev–Trinajstić information content (AvgIpc) is 2.00. The summed E-state index contributed by atoms with van der Waals surface area (Å²) >= 11 is 0. The minimum atomic E-state index is -0.652. The lowest BCUT2D eigenvalue weighted by molar-refractivity contribution is -0.157. The Kier molecular flexibility index (Phi) is 5.08. The van der Waals surface area contributed by atoms with Gasteiger partial charge in [-0.15, -0.1) is 0 Å². The molecule has 0 aromatic heterocycles. The highest BCUT2D eigenvalue weighted by molar-refractivity contribution is 5.76. The van der Waals surface area contributed by atoms with Gasteiger partial charge in [0.2, 0.25) is 0 Å². The topological polar surface area (TPSA) is 72.5 Å². The summed E-state index contributed by atoms with van der Waals surface area (Å²) in [6.07, 6.45) is 0.514. The second kappa shape index (κ2) is 5.32. The fraction of sp³-hybridized carbons (Fsp3) is 0.900. The van der Waals surface area contributed by atoms with Gasteiger partial charge in [-0.3, -0.25) is 4.79 Å². The van der Waals surface area contributed by atoms with Gasteiger partial charge in [-0.2, -0.15) is 0 Å². The zero-order valence-corrected chi connectivity index (χ0v) is 9.41. The molecule has 0 fully saturated rings. The second-order valence-electron chi connectivity index (χ2n) is 4.55. The maximum Gasteiger partial charge on any atom is 0.323 e. The van der Waals surface area contributed by atoms with E-state index < -0.39 is 17.6 Å². The van der Waals surface area contributed by atoms with Gasteiger partial charge in [0.1, 0.15) is 11.6 Å². The average molecular weight is 203 g/mol. The Balaban J connectivity index is 4.12. The van der Waals surface area contributed by atoms with Crippen molar-refractivity contribution in [3.63, 3.8) is 0 Å². The summed E-state index contributed by atoms with van der Waals surface area (Å²) in [5, 5.41) is 8.69. The van der Waals surface area contributed by atoms with E-state index in [0.29, 0.717) is 6.42 Å². The van der Waals surface area contributed by atoms with Crippen molar-refractivity contribution < 1.29 is 14.6 Å². The zero-order valence-electron chi connectivity index (χ0n) is 9.41. The largest absolute Gasteiger partial charge is 0.459 e. The van der Waals surface area contributed by atoms with Crippen molar-refractivity contribution in [3.8, 4) is 0 Å². The Morgan fingerprint density at radius 2 is 2.00 bits per heavy atom. The molecule has 0 unspecified atom stereocenters. The number of rotatable bonds is 4. The minimum Gasteiger partial charge on any atom is -0.459 e. The monoisotopic (exact) mass is 203 g/mol. The van der Waals surface area contributed by atoms with E-state index in [1.807, 2.05) is 6.92 Å². The van der Waals surface area contributed by atoms with Crippen LogP contribution < -0.4 is 5.73 Å². The Morgan fingerprint density at radius 1 is 1.50 bits per heavy atom. The molecule has 4 nitrogen and oxygen atoms in total. The minimum absolute atomic E-state index is 0.0393. The van der Waals surface area contributed by atoms with Gasteiger partial charge in [-0.05, 0) is 33.1 Å². The van der Waals surface area contributed by atoms with Crippen LogP contribution in [0.4, 0.5) is 0 Å². The number of carbonyl (C=O) groups is 1. The molecule has 0 saturated heterocycles. The fourth-order valence-corrected chi connectivity index (χ4v) is 0.985. The normalized spacial score (nSPS) is 16.1. The lowest BCUT2D eigenvalue weighted by Crippen LogP contribution is -2.41. The highest BCUT2D eigenvalue weighted by Gasteiger charge is 2.25. The first-order valence-electron chi connectivity index (χ1n) is 4.87. The van der Waals surface area contributed by atoms with E-state index >= 15 is 0 Å². The summed E-state index contributed by atoms with van der Waals surface area (Å²) in [6.45, 7) is 7.26. The van der Waals surface area contributed by atoms with Crippen LogP contribution in [0, 0.1) is 5.92 Å². The summed E-state index contributed by atoms with van der Waals surface area (Å²) in [7, 11) is 0. The zero-order chi connectivity index (χ0) is 11.4. The van der Waals surface area contributed by atoms with Gasteiger partial charge < -0.3 is 15.6 Å². The first kappa shape index (κ1) is 13.4. The molecule has 0 aliphatic rings. The van der Waals surface area contributed by atoms with E-state index in [1.165, 1.54) is 0 Å². The summed E-state index contributed by atoms with van der Waals surface area (Å²) in [5.74, 6) is -0.465. The molecule has 4 heteroatoms. The molecular weight excluding hydrogens is 182 g/mol. The predicted molar refractivity (Wildman–Crippen MR) is 54.7 cm³/mol. The molecule has 0 aliphatic carbocycles. The van der Waals surface area contributed by atoms with Crippen LogP contribution in [-0.4, -0.2) is 29.3 Å². The maximum atomic E-state index is 11.4. The van der Waals surface area contributed by atoms with Gasteiger partial charge in [-0.25, -0.2) is 0 Å². The van der Waals surface area contributed by atoms with Crippen molar-refractivity contribution in [1.29, 1.82) is 0 Å². The highest BCUT2D eigenvalue weighted by Crippen LogP contribution is 2.12. The Morgan fingerprint density at radius 3 is 2.36 bits per heavy atom. The molecule has 3 N–H and O–H groups in total. The van der Waals surface area contributed by atoms with Crippen molar-refractivity contribution in [3.05, 3.63) is 0 Å². The number of carbonyl (C=O) groups excluding carboxylic acids is 1. The number of esters is 1.